The second-order valence-electron chi connectivity index (χ2n) is 4.75. The van der Waals surface area contributed by atoms with Crippen LogP contribution in [-0.2, 0) is 11.2 Å². The third-order valence-electron chi connectivity index (χ3n) is 3.30. The van der Waals surface area contributed by atoms with Crippen LogP contribution in [0.2, 0.25) is 0 Å². The number of benzene rings is 1. The minimum atomic E-state index is -0.237. The highest BCUT2D eigenvalue weighted by molar-refractivity contribution is 5.98. The van der Waals surface area contributed by atoms with Crippen LogP contribution in [0.15, 0.2) is 36.5 Å². The van der Waals surface area contributed by atoms with Crippen molar-refractivity contribution >= 4 is 5.97 Å². The van der Waals surface area contributed by atoms with Crippen LogP contribution >= 0.6 is 0 Å². The maximum Gasteiger partial charge on any atom is 0.340 e. The number of aryl methyl sites for hydroxylation is 1. The zero-order chi connectivity index (χ0) is 14.4. The standard InChI is InChI=1S/C17H21NO2/c1-3-5-9-14-12-18-16(13-10-7-6-8-11-13)15(14)17(19)20-4-2/h6-8,10-12,18H,3-5,9H2,1-2H3. The van der Waals surface area contributed by atoms with Crippen molar-refractivity contribution in [1.29, 1.82) is 0 Å². The van der Waals surface area contributed by atoms with Crippen molar-refractivity contribution < 1.29 is 9.53 Å². The first-order chi connectivity index (χ1) is 9.77. The van der Waals surface area contributed by atoms with Gasteiger partial charge in [0.25, 0.3) is 0 Å². The molecule has 0 atom stereocenters. The summed E-state index contributed by atoms with van der Waals surface area (Å²) in [6.07, 6.45) is 5.00. The van der Waals surface area contributed by atoms with Gasteiger partial charge in [0.1, 0.15) is 0 Å². The molecule has 2 aromatic rings. The van der Waals surface area contributed by atoms with Gasteiger partial charge in [-0.25, -0.2) is 4.79 Å². The van der Waals surface area contributed by atoms with Gasteiger partial charge in [-0.3, -0.25) is 0 Å². The van der Waals surface area contributed by atoms with E-state index in [-0.39, 0.29) is 5.97 Å². The summed E-state index contributed by atoms with van der Waals surface area (Å²) in [4.78, 5) is 15.5. The largest absolute Gasteiger partial charge is 0.462 e. The number of esters is 1. The van der Waals surface area contributed by atoms with Crippen molar-refractivity contribution in [3.05, 3.63) is 47.7 Å². The first-order valence-electron chi connectivity index (χ1n) is 7.20. The van der Waals surface area contributed by atoms with E-state index in [2.05, 4.69) is 11.9 Å². The number of nitrogens with one attached hydrogen (secondary N) is 1. The third-order valence-corrected chi connectivity index (χ3v) is 3.30. The Kier molecular flexibility index (Phi) is 4.99. The lowest BCUT2D eigenvalue weighted by Crippen LogP contribution is -2.08. The van der Waals surface area contributed by atoms with Gasteiger partial charge in [0.15, 0.2) is 0 Å². The molecule has 106 valence electrons. The summed E-state index contributed by atoms with van der Waals surface area (Å²) in [7, 11) is 0. The molecule has 0 unspecified atom stereocenters. The predicted molar refractivity (Wildman–Crippen MR) is 80.8 cm³/mol. The lowest BCUT2D eigenvalue weighted by molar-refractivity contribution is 0.0526. The number of carbonyl (C=O) groups excluding carboxylic acids is 1. The molecule has 1 aromatic carbocycles. The van der Waals surface area contributed by atoms with Crippen LogP contribution in [0, 0.1) is 0 Å². The number of aromatic nitrogens is 1. The molecule has 1 aromatic heterocycles. The topological polar surface area (TPSA) is 42.1 Å². The van der Waals surface area contributed by atoms with Crippen molar-refractivity contribution in [1.82, 2.24) is 4.98 Å². The number of ether oxygens (including phenoxy) is 1. The highest BCUT2D eigenvalue weighted by atomic mass is 16.5. The zero-order valence-corrected chi connectivity index (χ0v) is 12.1. The molecule has 0 spiro atoms. The Morgan fingerprint density at radius 3 is 2.60 bits per heavy atom. The molecular weight excluding hydrogens is 250 g/mol. The SMILES string of the molecule is CCCCc1c[nH]c(-c2ccccc2)c1C(=O)OCC. The highest BCUT2D eigenvalue weighted by Crippen LogP contribution is 2.27. The van der Waals surface area contributed by atoms with Crippen LogP contribution in [0.3, 0.4) is 0 Å². The van der Waals surface area contributed by atoms with E-state index in [4.69, 9.17) is 4.74 Å². The monoisotopic (exact) mass is 271 g/mol. The fraction of sp³-hybridized carbons (Fsp3) is 0.353. The first-order valence-corrected chi connectivity index (χ1v) is 7.20. The molecule has 0 saturated carbocycles. The van der Waals surface area contributed by atoms with Crippen molar-refractivity contribution in [3.63, 3.8) is 0 Å². The average Bonchev–Trinajstić information content (AvgIpc) is 2.90. The van der Waals surface area contributed by atoms with Gasteiger partial charge in [-0.15, -0.1) is 0 Å². The lowest BCUT2D eigenvalue weighted by Gasteiger charge is -2.07. The van der Waals surface area contributed by atoms with Gasteiger partial charge in [0.05, 0.1) is 17.9 Å². The van der Waals surface area contributed by atoms with Crippen LogP contribution in [0.4, 0.5) is 0 Å². The normalized spacial score (nSPS) is 10.5. The Labute approximate surface area is 120 Å². The number of unbranched alkanes of at least 4 members (excludes halogenated alkanes) is 1. The molecule has 2 rings (SSSR count). The van der Waals surface area contributed by atoms with Gasteiger partial charge in [-0.1, -0.05) is 43.7 Å². The highest BCUT2D eigenvalue weighted by Gasteiger charge is 2.20. The molecule has 3 nitrogen and oxygen atoms in total. The minimum Gasteiger partial charge on any atom is -0.462 e. The molecule has 1 heterocycles. The maximum absolute atomic E-state index is 12.2. The van der Waals surface area contributed by atoms with Gasteiger partial charge in [0.2, 0.25) is 0 Å². The van der Waals surface area contributed by atoms with Gasteiger partial charge < -0.3 is 9.72 Å². The van der Waals surface area contributed by atoms with Crippen molar-refractivity contribution in [2.75, 3.05) is 6.61 Å². The minimum absolute atomic E-state index is 0.237. The molecule has 0 aliphatic carbocycles. The molecule has 0 bridgehead atoms. The van der Waals surface area contributed by atoms with E-state index in [1.807, 2.05) is 43.5 Å². The quantitative estimate of drug-likeness (QED) is 0.800. The molecule has 1 N–H and O–H groups in total. The smallest absolute Gasteiger partial charge is 0.340 e. The van der Waals surface area contributed by atoms with E-state index in [0.717, 1.165) is 36.1 Å². The molecule has 0 fully saturated rings. The number of rotatable bonds is 6. The molecule has 0 aliphatic rings. The van der Waals surface area contributed by atoms with Crippen LogP contribution < -0.4 is 0 Å². The summed E-state index contributed by atoms with van der Waals surface area (Å²) in [6, 6.07) is 9.90. The van der Waals surface area contributed by atoms with Gasteiger partial charge in [-0.05, 0) is 30.9 Å². The zero-order valence-electron chi connectivity index (χ0n) is 12.1. The summed E-state index contributed by atoms with van der Waals surface area (Å²) in [5.74, 6) is -0.237. The van der Waals surface area contributed by atoms with Crippen LogP contribution in [-0.4, -0.2) is 17.6 Å². The number of hydrogen-bond donors (Lipinski definition) is 1. The summed E-state index contributed by atoms with van der Waals surface area (Å²) < 4.78 is 5.21. The molecule has 0 radical (unpaired) electrons. The fourth-order valence-corrected chi connectivity index (χ4v) is 2.30. The predicted octanol–water partition coefficient (Wildman–Crippen LogP) is 4.20. The van der Waals surface area contributed by atoms with E-state index in [0.29, 0.717) is 12.2 Å². The maximum atomic E-state index is 12.2. The Morgan fingerprint density at radius 2 is 1.95 bits per heavy atom. The molecule has 20 heavy (non-hydrogen) atoms. The molecule has 0 aliphatic heterocycles. The average molecular weight is 271 g/mol. The Balaban J connectivity index is 2.41. The number of carbonyl (C=O) groups is 1. The third kappa shape index (κ3) is 3.10. The summed E-state index contributed by atoms with van der Waals surface area (Å²) >= 11 is 0. The van der Waals surface area contributed by atoms with Crippen molar-refractivity contribution in [2.45, 2.75) is 33.1 Å². The second-order valence-corrected chi connectivity index (χ2v) is 4.75. The lowest BCUT2D eigenvalue weighted by atomic mass is 10.0. The molecule has 0 saturated heterocycles. The van der Waals surface area contributed by atoms with Crippen LogP contribution in [0.1, 0.15) is 42.6 Å². The first kappa shape index (κ1) is 14.4. The fourth-order valence-electron chi connectivity index (χ4n) is 2.30. The molecule has 0 amide bonds. The summed E-state index contributed by atoms with van der Waals surface area (Å²) in [5, 5.41) is 0. The van der Waals surface area contributed by atoms with Gasteiger partial charge >= 0.3 is 5.97 Å². The summed E-state index contributed by atoms with van der Waals surface area (Å²) in [6.45, 7) is 4.37. The van der Waals surface area contributed by atoms with Gasteiger partial charge in [0, 0.05) is 6.20 Å². The van der Waals surface area contributed by atoms with Crippen molar-refractivity contribution in [2.24, 2.45) is 0 Å². The van der Waals surface area contributed by atoms with Crippen LogP contribution in [0.25, 0.3) is 11.3 Å². The van der Waals surface area contributed by atoms with E-state index < -0.39 is 0 Å². The number of hydrogen-bond acceptors (Lipinski definition) is 2. The molecular formula is C17H21NO2. The molecule has 3 heteroatoms. The Bertz CT molecular complexity index is 558. The summed E-state index contributed by atoms with van der Waals surface area (Å²) in [5.41, 5.74) is 3.60. The van der Waals surface area contributed by atoms with E-state index in [1.54, 1.807) is 0 Å². The van der Waals surface area contributed by atoms with E-state index in [1.165, 1.54) is 0 Å². The number of aromatic amines is 1. The van der Waals surface area contributed by atoms with Gasteiger partial charge in [-0.2, -0.15) is 0 Å². The Hall–Kier alpha value is -2.03. The van der Waals surface area contributed by atoms with E-state index >= 15 is 0 Å². The van der Waals surface area contributed by atoms with Crippen LogP contribution in [0.5, 0.6) is 0 Å². The van der Waals surface area contributed by atoms with Crippen molar-refractivity contribution in [3.8, 4) is 11.3 Å². The van der Waals surface area contributed by atoms with E-state index in [9.17, 15) is 4.79 Å². The Morgan fingerprint density at radius 1 is 1.20 bits per heavy atom. The second kappa shape index (κ2) is 6.94. The number of H-pyrrole nitrogens is 1.